The number of carbonyl (C=O) groups is 1. The maximum atomic E-state index is 12.0. The van der Waals surface area contributed by atoms with Crippen LogP contribution in [0.3, 0.4) is 0 Å². The molecule has 1 saturated heterocycles. The molecule has 1 aliphatic heterocycles. The summed E-state index contributed by atoms with van der Waals surface area (Å²) in [4.78, 5) is 13.8. The second kappa shape index (κ2) is 4.02. The van der Waals surface area contributed by atoms with Crippen molar-refractivity contribution >= 4 is 5.91 Å². The maximum absolute atomic E-state index is 12.0. The molecule has 0 radical (unpaired) electrons. The van der Waals surface area contributed by atoms with Gasteiger partial charge in [-0.05, 0) is 13.8 Å². The summed E-state index contributed by atoms with van der Waals surface area (Å²) in [6.07, 6.45) is 1.49. The van der Waals surface area contributed by atoms with Gasteiger partial charge in [0.05, 0.1) is 6.20 Å². The quantitative estimate of drug-likeness (QED) is 0.731. The smallest absolute Gasteiger partial charge is 0.292 e. The molecule has 0 bridgehead atoms. The third kappa shape index (κ3) is 2.02. The second-order valence-corrected chi connectivity index (χ2v) is 3.99. The summed E-state index contributed by atoms with van der Waals surface area (Å²) in [6.45, 7) is 5.61. The minimum atomic E-state index is -0.0756. The molecular weight excluding hydrogens is 194 g/mol. The standard InChI is InChI=1S/C10H15N3O2/c1-7-6-13(8(2)5-11-7)10(14)9-3-4-12-15-9/h3-4,7-8,11H,5-6H2,1-2H3. The van der Waals surface area contributed by atoms with Gasteiger partial charge >= 0.3 is 0 Å². The lowest BCUT2D eigenvalue weighted by molar-refractivity contribution is 0.0574. The number of amides is 1. The van der Waals surface area contributed by atoms with Crippen molar-refractivity contribution in [3.8, 4) is 0 Å². The molecule has 15 heavy (non-hydrogen) atoms. The number of nitrogens with zero attached hydrogens (tertiary/aromatic N) is 2. The van der Waals surface area contributed by atoms with Gasteiger partial charge in [0.2, 0.25) is 5.76 Å². The Morgan fingerprint density at radius 2 is 2.47 bits per heavy atom. The fourth-order valence-electron chi connectivity index (χ4n) is 1.77. The van der Waals surface area contributed by atoms with Gasteiger partial charge in [-0.25, -0.2) is 0 Å². The zero-order valence-corrected chi connectivity index (χ0v) is 8.93. The molecule has 0 aromatic carbocycles. The number of nitrogens with one attached hydrogen (secondary N) is 1. The Labute approximate surface area is 88.4 Å². The van der Waals surface area contributed by atoms with Crippen molar-refractivity contribution in [1.82, 2.24) is 15.4 Å². The number of carbonyl (C=O) groups excluding carboxylic acids is 1. The molecule has 5 heteroatoms. The van der Waals surface area contributed by atoms with E-state index >= 15 is 0 Å². The summed E-state index contributed by atoms with van der Waals surface area (Å²) in [7, 11) is 0. The number of rotatable bonds is 1. The van der Waals surface area contributed by atoms with E-state index in [4.69, 9.17) is 4.52 Å². The Bertz CT molecular complexity index is 336. The molecule has 1 amide bonds. The van der Waals surface area contributed by atoms with Crippen molar-refractivity contribution in [2.45, 2.75) is 25.9 Å². The molecule has 1 aliphatic rings. The third-order valence-corrected chi connectivity index (χ3v) is 2.67. The monoisotopic (exact) mass is 209 g/mol. The van der Waals surface area contributed by atoms with E-state index < -0.39 is 0 Å². The second-order valence-electron chi connectivity index (χ2n) is 3.99. The summed E-state index contributed by atoms with van der Waals surface area (Å²) < 4.78 is 4.87. The van der Waals surface area contributed by atoms with Crippen molar-refractivity contribution in [3.05, 3.63) is 18.0 Å². The molecule has 2 atom stereocenters. The van der Waals surface area contributed by atoms with Gasteiger partial charge in [0.15, 0.2) is 0 Å². The predicted octanol–water partition coefficient (Wildman–Crippen LogP) is 0.497. The summed E-state index contributed by atoms with van der Waals surface area (Å²) in [5.74, 6) is 0.240. The molecule has 2 rings (SSSR count). The Morgan fingerprint density at radius 1 is 1.67 bits per heavy atom. The average molecular weight is 209 g/mol. The van der Waals surface area contributed by atoms with E-state index in [0.29, 0.717) is 18.3 Å². The van der Waals surface area contributed by atoms with Crippen LogP contribution in [-0.2, 0) is 0 Å². The van der Waals surface area contributed by atoms with E-state index in [1.54, 1.807) is 6.07 Å². The molecule has 5 nitrogen and oxygen atoms in total. The highest BCUT2D eigenvalue weighted by Gasteiger charge is 2.28. The molecule has 2 heterocycles. The molecule has 0 saturated carbocycles. The third-order valence-electron chi connectivity index (χ3n) is 2.67. The van der Waals surface area contributed by atoms with Crippen molar-refractivity contribution in [1.29, 1.82) is 0 Å². The number of hydrogen-bond donors (Lipinski definition) is 1. The van der Waals surface area contributed by atoms with Crippen LogP contribution in [-0.4, -0.2) is 41.1 Å². The Hall–Kier alpha value is -1.36. The van der Waals surface area contributed by atoms with Crippen LogP contribution in [0.2, 0.25) is 0 Å². The largest absolute Gasteiger partial charge is 0.351 e. The normalized spacial score (nSPS) is 26.7. The number of aromatic nitrogens is 1. The summed E-state index contributed by atoms with van der Waals surface area (Å²) in [5, 5.41) is 6.87. The van der Waals surface area contributed by atoms with Crippen LogP contribution < -0.4 is 5.32 Å². The van der Waals surface area contributed by atoms with Crippen LogP contribution in [0.1, 0.15) is 24.4 Å². The molecule has 1 fully saturated rings. The van der Waals surface area contributed by atoms with Crippen molar-refractivity contribution in [2.75, 3.05) is 13.1 Å². The molecule has 1 aromatic rings. The van der Waals surface area contributed by atoms with Crippen molar-refractivity contribution in [2.24, 2.45) is 0 Å². The van der Waals surface area contributed by atoms with E-state index in [9.17, 15) is 4.79 Å². The van der Waals surface area contributed by atoms with E-state index in [1.165, 1.54) is 6.20 Å². The topological polar surface area (TPSA) is 58.4 Å². The van der Waals surface area contributed by atoms with Crippen LogP contribution in [0.5, 0.6) is 0 Å². The first kappa shape index (κ1) is 10.2. The van der Waals surface area contributed by atoms with Gasteiger partial charge in [0, 0.05) is 31.2 Å². The lowest BCUT2D eigenvalue weighted by atomic mass is 10.1. The number of piperazine rings is 1. The van der Waals surface area contributed by atoms with Crippen LogP contribution >= 0.6 is 0 Å². The zero-order valence-electron chi connectivity index (χ0n) is 8.93. The first-order valence-electron chi connectivity index (χ1n) is 5.13. The lowest BCUT2D eigenvalue weighted by Gasteiger charge is -2.36. The summed E-state index contributed by atoms with van der Waals surface area (Å²) in [5.41, 5.74) is 0. The number of hydrogen-bond acceptors (Lipinski definition) is 4. The highest BCUT2D eigenvalue weighted by Crippen LogP contribution is 2.11. The van der Waals surface area contributed by atoms with Gasteiger partial charge in [-0.3, -0.25) is 4.79 Å². The van der Waals surface area contributed by atoms with Crippen LogP contribution in [0.25, 0.3) is 0 Å². The molecule has 82 valence electrons. The van der Waals surface area contributed by atoms with Crippen molar-refractivity contribution in [3.63, 3.8) is 0 Å². The molecule has 2 unspecified atom stereocenters. The Morgan fingerprint density at radius 3 is 3.13 bits per heavy atom. The predicted molar refractivity (Wildman–Crippen MR) is 54.5 cm³/mol. The fraction of sp³-hybridized carbons (Fsp3) is 0.600. The molecule has 0 spiro atoms. The van der Waals surface area contributed by atoms with Crippen molar-refractivity contribution < 1.29 is 9.32 Å². The SMILES string of the molecule is CC1CN(C(=O)c2ccno2)C(C)CN1. The first-order valence-corrected chi connectivity index (χ1v) is 5.13. The minimum Gasteiger partial charge on any atom is -0.351 e. The summed E-state index contributed by atoms with van der Waals surface area (Å²) in [6, 6.07) is 2.12. The summed E-state index contributed by atoms with van der Waals surface area (Å²) >= 11 is 0. The maximum Gasteiger partial charge on any atom is 0.292 e. The minimum absolute atomic E-state index is 0.0756. The highest BCUT2D eigenvalue weighted by atomic mass is 16.5. The Balaban J connectivity index is 2.12. The fourth-order valence-corrected chi connectivity index (χ4v) is 1.77. The van der Waals surface area contributed by atoms with Gasteiger partial charge in [0.25, 0.3) is 5.91 Å². The van der Waals surface area contributed by atoms with E-state index in [0.717, 1.165) is 6.54 Å². The van der Waals surface area contributed by atoms with E-state index in [-0.39, 0.29) is 11.9 Å². The molecule has 1 N–H and O–H groups in total. The van der Waals surface area contributed by atoms with Crippen LogP contribution in [0.4, 0.5) is 0 Å². The molecule has 0 aliphatic carbocycles. The average Bonchev–Trinajstić information content (AvgIpc) is 2.74. The van der Waals surface area contributed by atoms with Gasteiger partial charge in [-0.2, -0.15) is 0 Å². The van der Waals surface area contributed by atoms with Gasteiger partial charge < -0.3 is 14.7 Å². The van der Waals surface area contributed by atoms with Crippen LogP contribution in [0, 0.1) is 0 Å². The van der Waals surface area contributed by atoms with Gasteiger partial charge in [0.1, 0.15) is 0 Å². The van der Waals surface area contributed by atoms with E-state index in [2.05, 4.69) is 17.4 Å². The Kier molecular flexibility index (Phi) is 2.73. The zero-order chi connectivity index (χ0) is 10.8. The highest BCUT2D eigenvalue weighted by molar-refractivity contribution is 5.91. The lowest BCUT2D eigenvalue weighted by Crippen LogP contribution is -2.56. The first-order chi connectivity index (χ1) is 7.18. The molecular formula is C10H15N3O2. The van der Waals surface area contributed by atoms with Crippen LogP contribution in [0.15, 0.2) is 16.8 Å². The van der Waals surface area contributed by atoms with E-state index in [1.807, 2.05) is 11.8 Å². The van der Waals surface area contributed by atoms with Gasteiger partial charge in [-0.1, -0.05) is 5.16 Å². The van der Waals surface area contributed by atoms with Gasteiger partial charge in [-0.15, -0.1) is 0 Å². The molecule has 1 aromatic heterocycles.